The molecular weight excluding hydrogens is 529 g/mol. The zero-order chi connectivity index (χ0) is 22.6. The molecule has 0 atom stereocenters. The highest BCUT2D eigenvalue weighted by molar-refractivity contribution is 7.38. The van der Waals surface area contributed by atoms with E-state index in [0.29, 0.717) is 0 Å². The summed E-state index contributed by atoms with van der Waals surface area (Å²) in [6.07, 6.45) is 0. The number of rotatable bonds is 2. The Balaban J connectivity index is 1.46. The molecule has 164 valence electrons. The molecule has 0 nitrogen and oxygen atoms in total. The molecule has 8 aromatic rings. The van der Waals surface area contributed by atoms with Crippen molar-refractivity contribution < 1.29 is 0 Å². The summed E-state index contributed by atoms with van der Waals surface area (Å²) in [7, 11) is 0. The molecule has 2 aromatic carbocycles. The van der Waals surface area contributed by atoms with Gasteiger partial charge in [0.15, 0.2) is 0 Å². The van der Waals surface area contributed by atoms with Gasteiger partial charge in [-0.1, -0.05) is 12.1 Å². The lowest BCUT2D eigenvalue weighted by Crippen LogP contribution is -1.71. The zero-order valence-corrected chi connectivity index (χ0v) is 23.1. The molecule has 0 bridgehead atoms. The van der Waals surface area contributed by atoms with Crippen molar-refractivity contribution in [2.75, 3.05) is 0 Å². The van der Waals surface area contributed by atoms with E-state index >= 15 is 0 Å². The molecule has 0 aliphatic carbocycles. The summed E-state index contributed by atoms with van der Waals surface area (Å²) < 4.78 is 8.57. The second-order valence-corrected chi connectivity index (χ2v) is 15.1. The monoisotopic (exact) mass is 544 g/mol. The molecule has 0 N–H and O–H groups in total. The molecule has 0 saturated carbocycles. The number of hydrogen-bond donors (Lipinski definition) is 0. The van der Waals surface area contributed by atoms with Crippen molar-refractivity contribution >= 4 is 118 Å². The van der Waals surface area contributed by atoms with Crippen LogP contribution in [-0.4, -0.2) is 0 Å². The van der Waals surface area contributed by atoms with Gasteiger partial charge >= 0.3 is 0 Å². The summed E-state index contributed by atoms with van der Waals surface area (Å²) in [6.45, 7) is 4.39. The predicted octanol–water partition coefficient (Wildman–Crippen LogP) is 11.8. The second kappa shape index (κ2) is 7.23. The molecule has 0 unspecified atom stereocenters. The maximum atomic E-state index is 2.36. The average Bonchev–Trinajstić information content (AvgIpc) is 3.63. The third kappa shape index (κ3) is 2.72. The number of thiophene rings is 6. The Morgan fingerprint density at radius 2 is 0.941 bits per heavy atom. The molecule has 6 aromatic heterocycles. The molecule has 6 heteroatoms. The van der Waals surface area contributed by atoms with E-state index in [9.17, 15) is 0 Å². The van der Waals surface area contributed by atoms with Gasteiger partial charge in [-0.15, -0.1) is 68.0 Å². The molecule has 0 aliphatic rings. The summed E-state index contributed by atoms with van der Waals surface area (Å²) in [6, 6.07) is 18.4. The lowest BCUT2D eigenvalue weighted by atomic mass is 10.1. The SMILES string of the molecule is Cc1ccc(-c2csc3ccc4c5sc6c(ccc7scc(-c8ccc(C)s8)c76)c5sc4c23)s1. The Morgan fingerprint density at radius 1 is 0.471 bits per heavy atom. The van der Waals surface area contributed by atoms with Gasteiger partial charge in [0.25, 0.3) is 0 Å². The zero-order valence-electron chi connectivity index (χ0n) is 18.2. The number of aryl methyl sites for hydroxylation is 2. The predicted molar refractivity (Wildman–Crippen MR) is 162 cm³/mol. The van der Waals surface area contributed by atoms with Gasteiger partial charge in [0.1, 0.15) is 0 Å². The highest BCUT2D eigenvalue weighted by Gasteiger charge is 2.20. The van der Waals surface area contributed by atoms with Gasteiger partial charge in [-0.2, -0.15) is 0 Å². The molecule has 0 fully saturated rings. The van der Waals surface area contributed by atoms with Crippen LogP contribution in [0.5, 0.6) is 0 Å². The van der Waals surface area contributed by atoms with E-state index in [1.54, 1.807) is 0 Å². The molecule has 6 heterocycles. The first-order chi connectivity index (χ1) is 16.7. The van der Waals surface area contributed by atoms with E-state index in [0.717, 1.165) is 0 Å². The van der Waals surface area contributed by atoms with E-state index < -0.39 is 0 Å². The van der Waals surface area contributed by atoms with Gasteiger partial charge in [-0.3, -0.25) is 0 Å². The van der Waals surface area contributed by atoms with Gasteiger partial charge in [0, 0.05) is 81.7 Å². The van der Waals surface area contributed by atoms with E-state index in [2.05, 4.69) is 73.1 Å². The van der Waals surface area contributed by atoms with Gasteiger partial charge in [-0.05, 0) is 50.2 Å². The Hall–Kier alpha value is -2.06. The van der Waals surface area contributed by atoms with Crippen LogP contribution in [0.25, 0.3) is 70.6 Å². The quantitative estimate of drug-likeness (QED) is 0.203. The first kappa shape index (κ1) is 20.2. The van der Waals surface area contributed by atoms with Crippen LogP contribution < -0.4 is 0 Å². The third-order valence-electron chi connectivity index (χ3n) is 6.50. The van der Waals surface area contributed by atoms with Crippen LogP contribution in [0.1, 0.15) is 9.75 Å². The van der Waals surface area contributed by atoms with Crippen LogP contribution in [0.15, 0.2) is 59.3 Å². The fourth-order valence-corrected chi connectivity index (χ4v) is 11.9. The van der Waals surface area contributed by atoms with Crippen LogP contribution in [0.4, 0.5) is 0 Å². The molecule has 0 saturated heterocycles. The summed E-state index contributed by atoms with van der Waals surface area (Å²) >= 11 is 11.5. The summed E-state index contributed by atoms with van der Waals surface area (Å²) in [4.78, 5) is 5.51. The summed E-state index contributed by atoms with van der Waals surface area (Å²) in [5, 5.41) is 10.4. The summed E-state index contributed by atoms with van der Waals surface area (Å²) in [5.41, 5.74) is 2.80. The third-order valence-corrected chi connectivity index (χ3v) is 13.1. The molecule has 0 aliphatic heterocycles. The number of hydrogen-bond acceptors (Lipinski definition) is 6. The minimum Gasteiger partial charge on any atom is -0.143 e. The second-order valence-electron chi connectivity index (χ2n) is 8.61. The Kier molecular flexibility index (Phi) is 4.29. The Labute approximate surface area is 220 Å². The Morgan fingerprint density at radius 3 is 1.35 bits per heavy atom. The lowest BCUT2D eigenvalue weighted by Gasteiger charge is -2.00. The van der Waals surface area contributed by atoms with Crippen molar-refractivity contribution in [2.45, 2.75) is 13.8 Å². The minimum atomic E-state index is 1.37. The largest absolute Gasteiger partial charge is 0.143 e. The normalized spacial score (nSPS) is 12.4. The highest BCUT2D eigenvalue weighted by atomic mass is 32.1. The van der Waals surface area contributed by atoms with Gasteiger partial charge in [0.05, 0.1) is 9.40 Å². The number of benzene rings is 2. The highest BCUT2D eigenvalue weighted by Crippen LogP contribution is 2.52. The van der Waals surface area contributed by atoms with Crippen molar-refractivity contribution in [3.05, 3.63) is 69.0 Å². The topological polar surface area (TPSA) is 0 Å². The average molecular weight is 545 g/mol. The van der Waals surface area contributed by atoms with Gasteiger partial charge in [0.2, 0.25) is 0 Å². The lowest BCUT2D eigenvalue weighted by molar-refractivity contribution is 1.64. The van der Waals surface area contributed by atoms with E-state index in [4.69, 9.17) is 0 Å². The van der Waals surface area contributed by atoms with Crippen molar-refractivity contribution in [2.24, 2.45) is 0 Å². The first-order valence-corrected chi connectivity index (χ1v) is 16.0. The van der Waals surface area contributed by atoms with Crippen LogP contribution in [0.2, 0.25) is 0 Å². The van der Waals surface area contributed by atoms with Crippen molar-refractivity contribution in [1.82, 2.24) is 0 Å². The van der Waals surface area contributed by atoms with Crippen LogP contribution in [0, 0.1) is 13.8 Å². The van der Waals surface area contributed by atoms with Gasteiger partial charge in [-0.25, -0.2) is 0 Å². The Bertz CT molecular complexity index is 1900. The molecule has 0 radical (unpaired) electrons. The molecule has 0 spiro atoms. The van der Waals surface area contributed by atoms with Crippen molar-refractivity contribution in [3.8, 4) is 20.9 Å². The smallest absolute Gasteiger partial charge is 0.0542 e. The fourth-order valence-electron chi connectivity index (χ4n) is 4.94. The van der Waals surface area contributed by atoms with E-state index in [-0.39, 0.29) is 0 Å². The maximum absolute atomic E-state index is 2.36. The molecule has 0 amide bonds. The van der Waals surface area contributed by atoms with Crippen LogP contribution in [-0.2, 0) is 0 Å². The summed E-state index contributed by atoms with van der Waals surface area (Å²) in [5.74, 6) is 0. The standard InChI is InChI=1S/C28H16S6/c1-13-3-7-19(31-13)17-11-29-21-9-5-15-25(23(17)21)33-28-16-6-10-22-24(26(16)34-27(15)28)18(12-30-22)20-8-4-14(2)32-20/h3-12H,1-2H3. The fraction of sp³-hybridized carbons (Fsp3) is 0.0714. The van der Waals surface area contributed by atoms with E-state index in [1.165, 1.54) is 80.4 Å². The molecule has 8 rings (SSSR count). The maximum Gasteiger partial charge on any atom is 0.0542 e. The number of fused-ring (bicyclic) bond motifs is 9. The molecular formula is C28H16S6. The minimum absolute atomic E-state index is 1.37. The van der Waals surface area contributed by atoms with Gasteiger partial charge < -0.3 is 0 Å². The van der Waals surface area contributed by atoms with E-state index in [1.807, 2.05) is 68.0 Å². The first-order valence-electron chi connectivity index (χ1n) is 11.0. The van der Waals surface area contributed by atoms with Crippen LogP contribution >= 0.6 is 68.0 Å². The van der Waals surface area contributed by atoms with Crippen molar-refractivity contribution in [1.29, 1.82) is 0 Å². The van der Waals surface area contributed by atoms with Crippen LogP contribution in [0.3, 0.4) is 0 Å². The van der Waals surface area contributed by atoms with Crippen molar-refractivity contribution in [3.63, 3.8) is 0 Å². The molecule has 34 heavy (non-hydrogen) atoms.